The fraction of sp³-hybridized carbons (Fsp3) is 0.500. The van der Waals surface area contributed by atoms with Gasteiger partial charge in [-0.3, -0.25) is 19.9 Å². The second kappa shape index (κ2) is 12.5. The predicted octanol–water partition coefficient (Wildman–Crippen LogP) is 0.679. The number of aliphatic hydroxyl groups is 2. The minimum atomic E-state index is -2.10. The van der Waals surface area contributed by atoms with Gasteiger partial charge >= 0.3 is 11.9 Å². The summed E-state index contributed by atoms with van der Waals surface area (Å²) in [5.74, 6) is -13.4. The molecule has 1 saturated carbocycles. The summed E-state index contributed by atoms with van der Waals surface area (Å²) in [5, 5.41) is 36.5. The van der Waals surface area contributed by atoms with Crippen molar-refractivity contribution in [3.8, 4) is 5.75 Å². The lowest BCUT2D eigenvalue weighted by molar-refractivity contribution is -0.179. The Morgan fingerprint density at radius 3 is 2.40 bits per heavy atom. The molecule has 1 saturated heterocycles. The van der Waals surface area contributed by atoms with Crippen molar-refractivity contribution in [3.63, 3.8) is 0 Å². The number of cyclic esters (lactones) is 2. The van der Waals surface area contributed by atoms with E-state index in [1.54, 1.807) is 0 Å². The zero-order chi connectivity index (χ0) is 30.9. The Balaban J connectivity index is 1.72. The van der Waals surface area contributed by atoms with Gasteiger partial charge in [0.15, 0.2) is 12.0 Å². The Labute approximate surface area is 236 Å². The molecule has 42 heavy (non-hydrogen) atoms. The summed E-state index contributed by atoms with van der Waals surface area (Å²) < 4.78 is 67.0. The molecule has 1 aliphatic carbocycles. The largest absolute Gasteiger partial charge is 0.506 e. The van der Waals surface area contributed by atoms with Gasteiger partial charge < -0.3 is 30.1 Å². The number of amides is 1. The molecule has 7 atom stereocenters. The van der Waals surface area contributed by atoms with Gasteiger partial charge in [-0.1, -0.05) is 0 Å². The summed E-state index contributed by atoms with van der Waals surface area (Å²) in [6.45, 7) is 2.42. The van der Waals surface area contributed by atoms with E-state index in [0.29, 0.717) is 12.8 Å². The molecule has 0 radical (unpaired) electrons. The molecule has 0 spiro atoms. The first-order valence-electron chi connectivity index (χ1n) is 13.0. The molecule has 2 aliphatic rings. The minimum absolute atomic E-state index is 0.304. The third kappa shape index (κ3) is 6.60. The molecule has 4 rings (SSSR count). The number of aliphatic hydroxyl groups excluding tert-OH is 2. The van der Waals surface area contributed by atoms with Crippen LogP contribution in [-0.4, -0.2) is 73.5 Å². The number of nitrogens with zero attached hydrogens (tertiary/aromatic N) is 2. The van der Waals surface area contributed by atoms with Crippen LogP contribution >= 0.6 is 0 Å². The molecule has 3 heterocycles. The van der Waals surface area contributed by atoms with Crippen LogP contribution in [0.4, 0.5) is 17.6 Å². The van der Waals surface area contributed by atoms with E-state index in [0.717, 1.165) is 6.92 Å². The number of carbonyl (C=O) groups is 3. The highest BCUT2D eigenvalue weighted by Gasteiger charge is 2.45. The molecule has 7 unspecified atom stereocenters. The van der Waals surface area contributed by atoms with Gasteiger partial charge in [-0.15, -0.1) is 0 Å². The highest BCUT2D eigenvalue weighted by Crippen LogP contribution is 2.36. The van der Waals surface area contributed by atoms with Gasteiger partial charge in [0.2, 0.25) is 23.8 Å². The van der Waals surface area contributed by atoms with Crippen LogP contribution in [0.5, 0.6) is 5.75 Å². The van der Waals surface area contributed by atoms with Gasteiger partial charge in [-0.05, 0) is 38.8 Å². The van der Waals surface area contributed by atoms with E-state index in [9.17, 15) is 47.3 Å². The summed E-state index contributed by atoms with van der Waals surface area (Å²) in [6, 6.07) is -0.833. The highest BCUT2D eigenvalue weighted by atomic mass is 19.2. The summed E-state index contributed by atoms with van der Waals surface area (Å²) in [5.41, 5.74) is -1.44. The fourth-order valence-electron chi connectivity index (χ4n) is 4.51. The molecular formula is C26H28F4N4O8. The Kier molecular flexibility index (Phi) is 9.27. The van der Waals surface area contributed by atoms with Crippen LogP contribution in [0.3, 0.4) is 0 Å². The van der Waals surface area contributed by atoms with Gasteiger partial charge in [0.25, 0.3) is 5.95 Å². The van der Waals surface area contributed by atoms with E-state index in [2.05, 4.69) is 20.6 Å². The molecule has 12 nitrogen and oxygen atoms in total. The standard InChI is InChI=1S/C26H28F4N4O8/c1-9-19(36)13(8-12-15(27)16(28)22(30)34-21(12)29)32-23(37)17(33-24(38)18-14(35)4-3-7-31-18)10(2)41-26(40)20(11-5-6-11)42-25(9)39/h3-4,7,9-11,13,17,19-20,24,33,35-36,38H,5-6,8H2,1-2H3,(H,32,37). The lowest BCUT2D eigenvalue weighted by Gasteiger charge is -2.33. The molecule has 16 heteroatoms. The van der Waals surface area contributed by atoms with Crippen LogP contribution in [0.2, 0.25) is 0 Å². The average Bonchev–Trinajstić information content (AvgIpc) is 3.78. The van der Waals surface area contributed by atoms with Crippen molar-refractivity contribution in [1.82, 2.24) is 20.6 Å². The summed E-state index contributed by atoms with van der Waals surface area (Å²) in [4.78, 5) is 45.9. The second-order valence-corrected chi connectivity index (χ2v) is 10.2. The van der Waals surface area contributed by atoms with Crippen LogP contribution in [0.15, 0.2) is 18.3 Å². The topological polar surface area (TPSA) is 180 Å². The Morgan fingerprint density at radius 2 is 1.76 bits per heavy atom. The summed E-state index contributed by atoms with van der Waals surface area (Å²) in [7, 11) is 0. The zero-order valence-electron chi connectivity index (χ0n) is 22.3. The van der Waals surface area contributed by atoms with Crippen molar-refractivity contribution < 1.29 is 56.7 Å². The number of aromatic nitrogens is 2. The number of halogens is 4. The maximum Gasteiger partial charge on any atom is 0.348 e. The van der Waals surface area contributed by atoms with E-state index in [1.807, 2.05) is 0 Å². The summed E-state index contributed by atoms with van der Waals surface area (Å²) in [6.07, 6.45) is -5.30. The molecule has 5 N–H and O–H groups in total. The third-order valence-electron chi connectivity index (χ3n) is 7.12. The predicted molar refractivity (Wildman–Crippen MR) is 131 cm³/mol. The maximum atomic E-state index is 14.5. The quantitative estimate of drug-likeness (QED) is 0.136. The molecular weight excluding hydrogens is 572 g/mol. The van der Waals surface area contributed by atoms with Crippen molar-refractivity contribution in [3.05, 3.63) is 53.1 Å². The van der Waals surface area contributed by atoms with Gasteiger partial charge in [-0.2, -0.15) is 18.2 Å². The van der Waals surface area contributed by atoms with Crippen molar-refractivity contribution >= 4 is 17.8 Å². The van der Waals surface area contributed by atoms with Crippen LogP contribution in [0.1, 0.15) is 44.2 Å². The number of pyridine rings is 2. The molecule has 2 aromatic rings. The van der Waals surface area contributed by atoms with Crippen LogP contribution in [0.25, 0.3) is 0 Å². The number of esters is 2. The lowest BCUT2D eigenvalue weighted by Crippen LogP contribution is -2.59. The molecule has 2 aromatic heterocycles. The Morgan fingerprint density at radius 1 is 1.07 bits per heavy atom. The smallest absolute Gasteiger partial charge is 0.348 e. The van der Waals surface area contributed by atoms with Crippen molar-refractivity contribution in [1.29, 1.82) is 0 Å². The summed E-state index contributed by atoms with van der Waals surface area (Å²) >= 11 is 0. The molecule has 1 aliphatic heterocycles. The normalized spacial score (nSPS) is 28.1. The van der Waals surface area contributed by atoms with Gasteiger partial charge in [0, 0.05) is 24.1 Å². The fourth-order valence-corrected chi connectivity index (χ4v) is 4.51. The number of ether oxygens (including phenoxy) is 2. The monoisotopic (exact) mass is 600 g/mol. The van der Waals surface area contributed by atoms with E-state index in [1.165, 1.54) is 25.3 Å². The number of carbonyl (C=O) groups excluding carboxylic acids is 3. The third-order valence-corrected chi connectivity index (χ3v) is 7.12. The van der Waals surface area contributed by atoms with Gasteiger partial charge in [0.1, 0.15) is 23.6 Å². The Bertz CT molecular complexity index is 1360. The zero-order valence-corrected chi connectivity index (χ0v) is 22.3. The van der Waals surface area contributed by atoms with E-state index < -0.39 is 108 Å². The number of rotatable bonds is 6. The lowest BCUT2D eigenvalue weighted by atomic mass is 9.92. The molecule has 0 bridgehead atoms. The van der Waals surface area contributed by atoms with Gasteiger partial charge in [0.05, 0.1) is 18.1 Å². The second-order valence-electron chi connectivity index (χ2n) is 10.2. The molecule has 228 valence electrons. The van der Waals surface area contributed by atoms with Crippen LogP contribution < -0.4 is 10.6 Å². The van der Waals surface area contributed by atoms with Crippen molar-refractivity contribution in [2.24, 2.45) is 11.8 Å². The average molecular weight is 601 g/mol. The van der Waals surface area contributed by atoms with Crippen molar-refractivity contribution in [2.75, 3.05) is 0 Å². The first-order chi connectivity index (χ1) is 19.8. The van der Waals surface area contributed by atoms with E-state index in [-0.39, 0.29) is 5.69 Å². The van der Waals surface area contributed by atoms with Crippen molar-refractivity contribution in [2.45, 2.75) is 69.7 Å². The van der Waals surface area contributed by atoms with E-state index >= 15 is 0 Å². The highest BCUT2D eigenvalue weighted by molar-refractivity contribution is 5.85. The first-order valence-corrected chi connectivity index (χ1v) is 13.0. The van der Waals surface area contributed by atoms with Crippen LogP contribution in [-0.2, 0) is 30.3 Å². The minimum Gasteiger partial charge on any atom is -0.506 e. The number of hydrogen-bond acceptors (Lipinski definition) is 11. The Hall–Kier alpha value is -3.89. The number of hydrogen-bond donors (Lipinski definition) is 5. The van der Waals surface area contributed by atoms with Crippen LogP contribution in [0, 0.1) is 35.4 Å². The molecule has 2 fully saturated rings. The van der Waals surface area contributed by atoms with Gasteiger partial charge in [-0.25, -0.2) is 9.18 Å². The SMILES string of the molecule is CC1OC(=O)C(C2CC2)OC(=O)C(C)C(O)C(Cc2c(F)nc(F)c(F)c2F)NC(=O)C1NC(O)c1ncccc1O. The molecule has 0 aromatic carbocycles. The number of aromatic hydroxyl groups is 1. The van der Waals surface area contributed by atoms with E-state index in [4.69, 9.17) is 9.47 Å². The molecule has 1 amide bonds. The maximum absolute atomic E-state index is 14.5. The first kappa shape index (κ1) is 31.1. The number of nitrogens with one attached hydrogen (secondary N) is 2.